The average molecular weight is 619 g/mol. The van der Waals surface area contributed by atoms with E-state index in [0.717, 1.165) is 5.56 Å². The van der Waals surface area contributed by atoms with Crippen LogP contribution in [0.25, 0.3) is 0 Å². The molecule has 3 rings (SSSR count). The van der Waals surface area contributed by atoms with Gasteiger partial charge >= 0.3 is 0 Å². The van der Waals surface area contributed by atoms with E-state index in [4.69, 9.17) is 9.47 Å². The molecule has 2 aromatic rings. The van der Waals surface area contributed by atoms with Crippen molar-refractivity contribution >= 4 is 21.8 Å². The molecule has 0 saturated carbocycles. The highest BCUT2D eigenvalue weighted by Crippen LogP contribution is 2.35. The average Bonchev–Trinajstić information content (AvgIpc) is 3.38. The third-order valence-electron chi connectivity index (χ3n) is 6.93. The molecule has 12 heteroatoms. The van der Waals surface area contributed by atoms with Crippen LogP contribution in [0.1, 0.15) is 40.2 Å². The lowest BCUT2D eigenvalue weighted by molar-refractivity contribution is -0.132. The minimum atomic E-state index is -4.05. The third-order valence-corrected chi connectivity index (χ3v) is 8.75. The minimum Gasteiger partial charge on any atom is -0.454 e. The fourth-order valence-corrected chi connectivity index (χ4v) is 6.42. The lowest BCUT2D eigenvalue weighted by Crippen LogP contribution is -2.59. The predicted octanol–water partition coefficient (Wildman–Crippen LogP) is 2.24. The molecule has 0 fully saturated rings. The van der Waals surface area contributed by atoms with Gasteiger partial charge in [-0.2, -0.15) is 4.31 Å². The summed E-state index contributed by atoms with van der Waals surface area (Å²) in [5.74, 6) is -0.0157. The zero-order chi connectivity index (χ0) is 31.9. The topological polar surface area (TPSA) is 138 Å². The maximum atomic E-state index is 13.8. The molecule has 0 spiro atoms. The molecule has 0 aromatic heterocycles. The summed E-state index contributed by atoms with van der Waals surface area (Å²) in [5.41, 5.74) is 0.213. The summed E-state index contributed by atoms with van der Waals surface area (Å²) in [6, 6.07) is 12.0. The number of likely N-dealkylation sites (N-methyl/N-ethyl adjacent to an activating group) is 1. The van der Waals surface area contributed by atoms with Gasteiger partial charge in [-0.15, -0.1) is 0 Å². The van der Waals surface area contributed by atoms with Crippen molar-refractivity contribution in [1.82, 2.24) is 19.8 Å². The summed E-state index contributed by atoms with van der Waals surface area (Å²) in [6.45, 7) is 9.32. The molecule has 11 nitrogen and oxygen atoms in total. The Hall–Kier alpha value is -3.19. The number of sulfonamides is 1. The molecule has 0 saturated heterocycles. The first kappa shape index (κ1) is 34.3. The second kappa shape index (κ2) is 14.5. The fraction of sp³-hybridized carbons (Fsp3) is 0.548. The van der Waals surface area contributed by atoms with Crippen LogP contribution in [-0.2, 0) is 26.0 Å². The standard InChI is InChI=1S/C31H46N4O7S/c1-21(2)17-35(43(39,40)23-13-14-26-27(16-23)42-20-41-26)18-25(36)24(15-22-11-9-8-10-12-22)32-30(38)29(31(3,4)5)33-28(37)19-34(6)7/h8-14,16,21,24-25,29,36H,15,17-20H2,1-7H3,(H,32,38)(H,33,37). The Morgan fingerprint density at radius 3 is 2.23 bits per heavy atom. The maximum absolute atomic E-state index is 13.8. The van der Waals surface area contributed by atoms with Crippen LogP contribution in [0.4, 0.5) is 0 Å². The van der Waals surface area contributed by atoms with Crippen LogP contribution < -0.4 is 20.1 Å². The lowest BCUT2D eigenvalue weighted by Gasteiger charge is -2.34. The van der Waals surface area contributed by atoms with Gasteiger partial charge in [-0.3, -0.25) is 9.59 Å². The zero-order valence-electron chi connectivity index (χ0n) is 26.2. The second-order valence-electron chi connectivity index (χ2n) is 12.7. The monoisotopic (exact) mass is 618 g/mol. The molecule has 0 aliphatic carbocycles. The number of nitrogens with one attached hydrogen (secondary N) is 2. The summed E-state index contributed by atoms with van der Waals surface area (Å²) in [7, 11) is -0.526. The smallest absolute Gasteiger partial charge is 0.243 e. The van der Waals surface area contributed by atoms with Crippen molar-refractivity contribution in [2.45, 2.75) is 64.1 Å². The summed E-state index contributed by atoms with van der Waals surface area (Å²) in [6.07, 6.45) is -1.03. The van der Waals surface area contributed by atoms with E-state index in [1.165, 1.54) is 16.4 Å². The van der Waals surface area contributed by atoms with E-state index in [2.05, 4.69) is 10.6 Å². The van der Waals surface area contributed by atoms with Crippen molar-refractivity contribution in [3.8, 4) is 11.5 Å². The van der Waals surface area contributed by atoms with E-state index >= 15 is 0 Å². The van der Waals surface area contributed by atoms with Crippen LogP contribution in [0.3, 0.4) is 0 Å². The Kier molecular flexibility index (Phi) is 11.6. The first-order valence-corrected chi connectivity index (χ1v) is 15.9. The molecular weight excluding hydrogens is 572 g/mol. The first-order valence-electron chi connectivity index (χ1n) is 14.4. The largest absolute Gasteiger partial charge is 0.454 e. The summed E-state index contributed by atoms with van der Waals surface area (Å²) >= 11 is 0. The van der Waals surface area contributed by atoms with Crippen molar-refractivity contribution in [2.75, 3.05) is 40.5 Å². The Labute approximate surface area is 255 Å². The van der Waals surface area contributed by atoms with E-state index < -0.39 is 39.5 Å². The van der Waals surface area contributed by atoms with Gasteiger partial charge in [-0.1, -0.05) is 65.0 Å². The highest BCUT2D eigenvalue weighted by Gasteiger charge is 2.37. The van der Waals surface area contributed by atoms with Crippen LogP contribution in [0.5, 0.6) is 11.5 Å². The van der Waals surface area contributed by atoms with E-state index in [0.29, 0.717) is 11.5 Å². The Morgan fingerprint density at radius 2 is 1.63 bits per heavy atom. The number of hydrogen-bond donors (Lipinski definition) is 3. The first-order chi connectivity index (χ1) is 20.1. The van der Waals surface area contributed by atoms with Crippen LogP contribution in [0.15, 0.2) is 53.4 Å². The number of aliphatic hydroxyl groups is 1. The van der Waals surface area contributed by atoms with E-state index in [1.54, 1.807) is 25.1 Å². The number of rotatable bonds is 14. The van der Waals surface area contributed by atoms with Crippen molar-refractivity contribution in [3.05, 3.63) is 54.1 Å². The van der Waals surface area contributed by atoms with Gasteiger partial charge in [0.15, 0.2) is 11.5 Å². The lowest BCUT2D eigenvalue weighted by atomic mass is 9.85. The number of hydrogen-bond acceptors (Lipinski definition) is 8. The number of ether oxygens (including phenoxy) is 2. The second-order valence-corrected chi connectivity index (χ2v) is 14.6. The zero-order valence-corrected chi connectivity index (χ0v) is 27.0. The maximum Gasteiger partial charge on any atom is 0.243 e. The number of aliphatic hydroxyl groups excluding tert-OH is 1. The van der Waals surface area contributed by atoms with Gasteiger partial charge in [-0.25, -0.2) is 8.42 Å². The Bertz CT molecular complexity index is 1340. The molecule has 1 aliphatic rings. The van der Waals surface area contributed by atoms with Crippen molar-refractivity contribution < 1.29 is 32.6 Å². The van der Waals surface area contributed by atoms with Crippen molar-refractivity contribution in [3.63, 3.8) is 0 Å². The van der Waals surface area contributed by atoms with Gasteiger partial charge in [0.2, 0.25) is 28.6 Å². The molecule has 3 atom stereocenters. The number of nitrogens with zero attached hydrogens (tertiary/aromatic N) is 2. The highest BCUT2D eigenvalue weighted by atomic mass is 32.2. The number of fused-ring (bicyclic) bond motifs is 1. The SMILES string of the molecule is CC(C)CN(CC(O)C(Cc1ccccc1)NC(=O)C(NC(=O)CN(C)C)C(C)(C)C)S(=O)(=O)c1ccc2c(c1)OCO2. The Morgan fingerprint density at radius 1 is 0.977 bits per heavy atom. The van der Waals surface area contributed by atoms with Crippen LogP contribution in [0, 0.1) is 11.3 Å². The van der Waals surface area contributed by atoms with Crippen molar-refractivity contribution in [1.29, 1.82) is 0 Å². The molecule has 1 aliphatic heterocycles. The molecule has 0 radical (unpaired) electrons. The van der Waals surface area contributed by atoms with Crippen LogP contribution >= 0.6 is 0 Å². The minimum absolute atomic E-state index is 0.0132. The van der Waals surface area contributed by atoms with Crippen molar-refractivity contribution in [2.24, 2.45) is 11.3 Å². The van der Waals surface area contributed by atoms with Gasteiger partial charge in [0, 0.05) is 19.2 Å². The van der Waals surface area contributed by atoms with Gasteiger partial charge in [-0.05, 0) is 49.5 Å². The van der Waals surface area contributed by atoms with Gasteiger partial charge in [0.25, 0.3) is 0 Å². The summed E-state index contributed by atoms with van der Waals surface area (Å²) in [5, 5.41) is 17.4. The fourth-order valence-electron chi connectivity index (χ4n) is 4.79. The van der Waals surface area contributed by atoms with E-state index in [9.17, 15) is 23.1 Å². The number of benzene rings is 2. The number of amides is 2. The van der Waals surface area contributed by atoms with Gasteiger partial charge in [0.05, 0.1) is 23.6 Å². The molecule has 2 aromatic carbocycles. The normalized spacial score (nSPS) is 15.4. The molecule has 3 N–H and O–H groups in total. The van der Waals surface area contributed by atoms with Crippen LogP contribution in [-0.4, -0.2) is 93.3 Å². The van der Waals surface area contributed by atoms with Gasteiger partial charge in [0.1, 0.15) is 6.04 Å². The Balaban J connectivity index is 1.90. The predicted molar refractivity (Wildman–Crippen MR) is 164 cm³/mol. The molecule has 0 bridgehead atoms. The molecule has 238 valence electrons. The quantitative estimate of drug-likeness (QED) is 0.293. The van der Waals surface area contributed by atoms with E-state index in [1.807, 2.05) is 65.0 Å². The summed E-state index contributed by atoms with van der Waals surface area (Å²) < 4.78 is 39.6. The number of carbonyl (C=O) groups excluding carboxylic acids is 2. The molecule has 2 amide bonds. The molecule has 3 unspecified atom stereocenters. The number of carbonyl (C=O) groups is 2. The molecule has 1 heterocycles. The molecule has 43 heavy (non-hydrogen) atoms. The van der Waals surface area contributed by atoms with E-state index in [-0.39, 0.29) is 49.6 Å². The third kappa shape index (κ3) is 9.65. The van der Waals surface area contributed by atoms with Gasteiger partial charge < -0.3 is 30.1 Å². The summed E-state index contributed by atoms with van der Waals surface area (Å²) in [4.78, 5) is 28.0. The van der Waals surface area contributed by atoms with Crippen LogP contribution in [0.2, 0.25) is 0 Å². The highest BCUT2D eigenvalue weighted by molar-refractivity contribution is 7.89. The molecular formula is C31H46N4O7S.